The van der Waals surface area contributed by atoms with Crippen LogP contribution < -0.4 is 15.4 Å². The second kappa shape index (κ2) is 8.32. The Kier molecular flexibility index (Phi) is 6.68. The van der Waals surface area contributed by atoms with Crippen molar-refractivity contribution >= 4 is 5.91 Å². The van der Waals surface area contributed by atoms with E-state index in [2.05, 4.69) is 17.2 Å². The first-order valence-electron chi connectivity index (χ1n) is 6.45. The van der Waals surface area contributed by atoms with Crippen LogP contribution in [-0.4, -0.2) is 25.1 Å². The Morgan fingerprint density at radius 2 is 2.05 bits per heavy atom. The van der Waals surface area contributed by atoms with Gasteiger partial charge >= 0.3 is 0 Å². The topological polar surface area (TPSA) is 50.4 Å². The van der Waals surface area contributed by atoms with E-state index in [9.17, 15) is 4.79 Å². The standard InChI is InChI=1S/C15H22N2O2/c1-4-9-16-11-15(18)17-10-13-5-7-14(8-6-13)19-12(2)3/h4-8,12,16H,1,9-11H2,2-3H3,(H,17,18). The van der Waals surface area contributed by atoms with Crippen molar-refractivity contribution in [3.05, 3.63) is 42.5 Å². The maximum absolute atomic E-state index is 11.5. The predicted octanol–water partition coefficient (Wildman–Crippen LogP) is 1.87. The first-order chi connectivity index (χ1) is 9.11. The minimum atomic E-state index is -0.0237. The lowest BCUT2D eigenvalue weighted by Gasteiger charge is -2.10. The highest BCUT2D eigenvalue weighted by atomic mass is 16.5. The lowest BCUT2D eigenvalue weighted by molar-refractivity contribution is -0.120. The molecule has 0 aliphatic rings. The second-order valence-corrected chi connectivity index (χ2v) is 4.51. The molecule has 104 valence electrons. The minimum absolute atomic E-state index is 0.0237. The summed E-state index contributed by atoms with van der Waals surface area (Å²) in [6.45, 7) is 9.02. The van der Waals surface area contributed by atoms with Gasteiger partial charge in [-0.2, -0.15) is 0 Å². The van der Waals surface area contributed by atoms with Gasteiger partial charge in [-0.3, -0.25) is 4.79 Å². The number of nitrogens with one attached hydrogen (secondary N) is 2. The monoisotopic (exact) mass is 262 g/mol. The molecule has 4 heteroatoms. The van der Waals surface area contributed by atoms with E-state index < -0.39 is 0 Å². The zero-order valence-electron chi connectivity index (χ0n) is 11.6. The lowest BCUT2D eigenvalue weighted by atomic mass is 10.2. The van der Waals surface area contributed by atoms with Gasteiger partial charge in [-0.05, 0) is 31.5 Å². The quantitative estimate of drug-likeness (QED) is 0.555. The van der Waals surface area contributed by atoms with Crippen LogP contribution >= 0.6 is 0 Å². The second-order valence-electron chi connectivity index (χ2n) is 4.51. The third-order valence-corrected chi connectivity index (χ3v) is 2.36. The Hall–Kier alpha value is -1.81. The molecule has 0 aliphatic carbocycles. The molecule has 0 radical (unpaired) electrons. The fraction of sp³-hybridized carbons (Fsp3) is 0.400. The number of carbonyl (C=O) groups excluding carboxylic acids is 1. The Morgan fingerprint density at radius 3 is 2.63 bits per heavy atom. The molecule has 1 amide bonds. The van der Waals surface area contributed by atoms with E-state index in [1.165, 1.54) is 0 Å². The number of carbonyl (C=O) groups is 1. The van der Waals surface area contributed by atoms with Gasteiger partial charge in [0, 0.05) is 13.1 Å². The van der Waals surface area contributed by atoms with E-state index in [-0.39, 0.29) is 12.0 Å². The van der Waals surface area contributed by atoms with Gasteiger partial charge in [0.1, 0.15) is 5.75 Å². The number of hydrogen-bond acceptors (Lipinski definition) is 3. The van der Waals surface area contributed by atoms with E-state index in [0.29, 0.717) is 19.6 Å². The molecule has 4 nitrogen and oxygen atoms in total. The van der Waals surface area contributed by atoms with E-state index in [1.54, 1.807) is 6.08 Å². The zero-order valence-corrected chi connectivity index (χ0v) is 11.6. The number of rotatable bonds is 8. The molecule has 0 saturated carbocycles. The maximum Gasteiger partial charge on any atom is 0.234 e. The van der Waals surface area contributed by atoms with Crippen molar-refractivity contribution in [3.8, 4) is 5.75 Å². The number of ether oxygens (including phenoxy) is 1. The van der Waals surface area contributed by atoms with Crippen molar-refractivity contribution < 1.29 is 9.53 Å². The highest BCUT2D eigenvalue weighted by Gasteiger charge is 2.01. The van der Waals surface area contributed by atoms with E-state index >= 15 is 0 Å². The molecule has 0 fully saturated rings. The van der Waals surface area contributed by atoms with Gasteiger partial charge < -0.3 is 15.4 Å². The van der Waals surface area contributed by atoms with Crippen LogP contribution in [0.3, 0.4) is 0 Å². The highest BCUT2D eigenvalue weighted by Crippen LogP contribution is 2.13. The molecule has 1 aromatic rings. The molecule has 1 rings (SSSR count). The van der Waals surface area contributed by atoms with Crippen LogP contribution in [0.25, 0.3) is 0 Å². The summed E-state index contributed by atoms with van der Waals surface area (Å²) in [6, 6.07) is 7.74. The molecule has 19 heavy (non-hydrogen) atoms. The fourth-order valence-electron chi connectivity index (χ4n) is 1.51. The molecular weight excluding hydrogens is 240 g/mol. The van der Waals surface area contributed by atoms with Crippen LogP contribution in [0, 0.1) is 0 Å². The van der Waals surface area contributed by atoms with Gasteiger partial charge in [0.05, 0.1) is 12.6 Å². The fourth-order valence-corrected chi connectivity index (χ4v) is 1.51. The van der Waals surface area contributed by atoms with Crippen LogP contribution in [0.1, 0.15) is 19.4 Å². The van der Waals surface area contributed by atoms with Gasteiger partial charge in [-0.25, -0.2) is 0 Å². The molecule has 0 unspecified atom stereocenters. The summed E-state index contributed by atoms with van der Waals surface area (Å²) in [4.78, 5) is 11.5. The van der Waals surface area contributed by atoms with Gasteiger partial charge in [0.25, 0.3) is 0 Å². The van der Waals surface area contributed by atoms with Crippen molar-refractivity contribution in [1.29, 1.82) is 0 Å². The molecule has 0 atom stereocenters. The Bertz CT molecular complexity index is 399. The molecular formula is C15H22N2O2. The van der Waals surface area contributed by atoms with Gasteiger partial charge in [-0.15, -0.1) is 6.58 Å². The minimum Gasteiger partial charge on any atom is -0.491 e. The summed E-state index contributed by atoms with van der Waals surface area (Å²) in [6.07, 6.45) is 1.89. The summed E-state index contributed by atoms with van der Waals surface area (Å²) >= 11 is 0. The summed E-state index contributed by atoms with van der Waals surface area (Å²) in [5, 5.41) is 5.79. The molecule has 1 aromatic carbocycles. The van der Waals surface area contributed by atoms with Crippen LogP contribution in [0.5, 0.6) is 5.75 Å². The number of amides is 1. The number of hydrogen-bond donors (Lipinski definition) is 2. The lowest BCUT2D eigenvalue weighted by Crippen LogP contribution is -2.33. The van der Waals surface area contributed by atoms with Crippen molar-refractivity contribution in [1.82, 2.24) is 10.6 Å². The Balaban J connectivity index is 2.33. The van der Waals surface area contributed by atoms with Crippen molar-refractivity contribution in [2.24, 2.45) is 0 Å². The van der Waals surface area contributed by atoms with Crippen molar-refractivity contribution in [3.63, 3.8) is 0 Å². The summed E-state index contributed by atoms with van der Waals surface area (Å²) in [5.41, 5.74) is 1.05. The average molecular weight is 262 g/mol. The van der Waals surface area contributed by atoms with Crippen LogP contribution in [0.2, 0.25) is 0 Å². The van der Waals surface area contributed by atoms with E-state index in [1.807, 2.05) is 38.1 Å². The smallest absolute Gasteiger partial charge is 0.234 e. The molecule has 0 bridgehead atoms. The van der Waals surface area contributed by atoms with Crippen LogP contribution in [-0.2, 0) is 11.3 Å². The predicted molar refractivity (Wildman–Crippen MR) is 77.1 cm³/mol. The summed E-state index contributed by atoms with van der Waals surface area (Å²) in [7, 11) is 0. The van der Waals surface area contributed by atoms with E-state index in [4.69, 9.17) is 4.74 Å². The normalized spacial score (nSPS) is 10.3. The molecule has 0 heterocycles. The molecule has 0 saturated heterocycles. The van der Waals surface area contributed by atoms with Gasteiger partial charge in [0.15, 0.2) is 0 Å². The molecule has 0 aromatic heterocycles. The Labute approximate surface area is 114 Å². The molecule has 0 aliphatic heterocycles. The molecule has 2 N–H and O–H groups in total. The summed E-state index contributed by atoms with van der Waals surface area (Å²) < 4.78 is 5.55. The summed E-state index contributed by atoms with van der Waals surface area (Å²) in [5.74, 6) is 0.821. The highest BCUT2D eigenvalue weighted by molar-refractivity contribution is 5.77. The molecule has 0 spiro atoms. The van der Waals surface area contributed by atoms with E-state index in [0.717, 1.165) is 11.3 Å². The van der Waals surface area contributed by atoms with Crippen LogP contribution in [0.4, 0.5) is 0 Å². The first-order valence-corrected chi connectivity index (χ1v) is 6.45. The maximum atomic E-state index is 11.5. The van der Waals surface area contributed by atoms with Crippen LogP contribution in [0.15, 0.2) is 36.9 Å². The number of benzene rings is 1. The SMILES string of the molecule is C=CCNCC(=O)NCc1ccc(OC(C)C)cc1. The zero-order chi connectivity index (χ0) is 14.1. The Morgan fingerprint density at radius 1 is 1.37 bits per heavy atom. The van der Waals surface area contributed by atoms with Gasteiger partial charge in [-0.1, -0.05) is 18.2 Å². The van der Waals surface area contributed by atoms with Gasteiger partial charge in [0.2, 0.25) is 5.91 Å². The largest absolute Gasteiger partial charge is 0.491 e. The third-order valence-electron chi connectivity index (χ3n) is 2.36. The third kappa shape index (κ3) is 6.62. The van der Waals surface area contributed by atoms with Crippen molar-refractivity contribution in [2.45, 2.75) is 26.5 Å². The first kappa shape index (κ1) is 15.2. The van der Waals surface area contributed by atoms with Crippen molar-refractivity contribution in [2.75, 3.05) is 13.1 Å². The average Bonchev–Trinajstić information content (AvgIpc) is 2.37.